The number of hydrogen-bond donors (Lipinski definition) is 1. The number of anilines is 2. The molecule has 0 unspecified atom stereocenters. The minimum Gasteiger partial charge on any atom is -0.356 e. The fourth-order valence-corrected chi connectivity index (χ4v) is 3.55. The summed E-state index contributed by atoms with van der Waals surface area (Å²) in [7, 11) is 0. The number of aryl methyl sites for hydroxylation is 1. The fourth-order valence-electron chi connectivity index (χ4n) is 3.37. The number of piperidine rings is 1. The molecule has 2 saturated heterocycles. The van der Waals surface area contributed by atoms with Crippen LogP contribution in [0.3, 0.4) is 0 Å². The van der Waals surface area contributed by atoms with Crippen LogP contribution < -0.4 is 10.2 Å². The Morgan fingerprint density at radius 3 is 2.63 bits per heavy atom. The van der Waals surface area contributed by atoms with E-state index in [4.69, 9.17) is 21.1 Å². The monoisotopic (exact) mass is 388 g/mol. The van der Waals surface area contributed by atoms with Gasteiger partial charge in [-0.15, -0.1) is 0 Å². The summed E-state index contributed by atoms with van der Waals surface area (Å²) in [6.45, 7) is 4.73. The van der Waals surface area contributed by atoms with Crippen LogP contribution in [-0.4, -0.2) is 48.0 Å². The van der Waals surface area contributed by atoms with Crippen LogP contribution in [0.2, 0.25) is 5.02 Å². The Morgan fingerprint density at radius 2 is 1.93 bits per heavy atom. The Bertz CT molecular complexity index is 845. The molecule has 1 aromatic carbocycles. The number of amides is 1. The second-order valence-electron chi connectivity index (χ2n) is 6.77. The summed E-state index contributed by atoms with van der Waals surface area (Å²) >= 11 is 6.12. The molecule has 7 nitrogen and oxygen atoms in total. The van der Waals surface area contributed by atoms with Crippen molar-refractivity contribution in [1.82, 2.24) is 9.97 Å². The van der Waals surface area contributed by atoms with Crippen LogP contribution in [0.4, 0.5) is 11.5 Å². The van der Waals surface area contributed by atoms with Gasteiger partial charge in [-0.25, -0.2) is 9.97 Å². The van der Waals surface area contributed by atoms with Gasteiger partial charge in [-0.2, -0.15) is 0 Å². The van der Waals surface area contributed by atoms with E-state index < -0.39 is 5.79 Å². The number of rotatable bonds is 3. The molecule has 1 N–H and O–H groups in total. The minimum atomic E-state index is -0.436. The van der Waals surface area contributed by atoms with Crippen LogP contribution in [0.25, 0.3) is 0 Å². The molecule has 1 spiro atoms. The van der Waals surface area contributed by atoms with E-state index in [1.807, 2.05) is 19.1 Å². The number of ether oxygens (including phenoxy) is 2. The van der Waals surface area contributed by atoms with Crippen molar-refractivity contribution in [2.24, 2.45) is 0 Å². The molecule has 2 aliphatic heterocycles. The normalized spacial score (nSPS) is 18.7. The topological polar surface area (TPSA) is 76.6 Å². The molecule has 0 radical (unpaired) electrons. The van der Waals surface area contributed by atoms with Crippen molar-refractivity contribution in [1.29, 1.82) is 0 Å². The number of nitrogens with one attached hydrogen (secondary N) is 1. The zero-order valence-electron chi connectivity index (χ0n) is 15.1. The Balaban J connectivity index is 1.44. The maximum atomic E-state index is 12.5. The van der Waals surface area contributed by atoms with Crippen molar-refractivity contribution in [3.63, 3.8) is 0 Å². The Labute approximate surface area is 162 Å². The first-order chi connectivity index (χ1) is 13.0. The third-order valence-electron chi connectivity index (χ3n) is 4.98. The van der Waals surface area contributed by atoms with Gasteiger partial charge in [-0.1, -0.05) is 17.7 Å². The maximum Gasteiger partial charge on any atom is 0.274 e. The zero-order valence-corrected chi connectivity index (χ0v) is 15.8. The van der Waals surface area contributed by atoms with Gasteiger partial charge >= 0.3 is 0 Å². The molecule has 0 saturated carbocycles. The van der Waals surface area contributed by atoms with E-state index in [1.54, 1.807) is 12.1 Å². The van der Waals surface area contributed by atoms with Gasteiger partial charge in [0.15, 0.2) is 5.79 Å². The molecule has 2 aromatic rings. The Hall–Kier alpha value is -2.22. The van der Waals surface area contributed by atoms with Crippen molar-refractivity contribution in [2.45, 2.75) is 25.6 Å². The van der Waals surface area contributed by atoms with E-state index in [0.29, 0.717) is 29.6 Å². The largest absolute Gasteiger partial charge is 0.356 e. The van der Waals surface area contributed by atoms with Crippen LogP contribution in [0.5, 0.6) is 0 Å². The second kappa shape index (κ2) is 7.42. The molecule has 0 atom stereocenters. The predicted octanol–water partition coefficient (Wildman–Crippen LogP) is 3.03. The average Bonchev–Trinajstić information content (AvgIpc) is 3.13. The molecule has 0 bridgehead atoms. The lowest BCUT2D eigenvalue weighted by molar-refractivity contribution is -0.169. The number of halogens is 1. The Kier molecular flexibility index (Phi) is 4.99. The quantitative estimate of drug-likeness (QED) is 0.870. The number of benzene rings is 1. The van der Waals surface area contributed by atoms with Gasteiger partial charge in [-0.05, 0) is 24.6 Å². The molecular weight excluding hydrogens is 368 g/mol. The summed E-state index contributed by atoms with van der Waals surface area (Å²) in [5.41, 5.74) is 1.90. The fraction of sp³-hybridized carbons (Fsp3) is 0.421. The molecule has 0 aliphatic carbocycles. The van der Waals surface area contributed by atoms with Crippen LogP contribution in [0.15, 0.2) is 30.6 Å². The first kappa shape index (κ1) is 18.2. The number of carbonyl (C=O) groups is 1. The molecular formula is C19H21ClN4O3. The van der Waals surface area contributed by atoms with Gasteiger partial charge in [0.1, 0.15) is 17.8 Å². The highest BCUT2D eigenvalue weighted by molar-refractivity contribution is 6.31. The van der Waals surface area contributed by atoms with Gasteiger partial charge in [0.25, 0.3) is 5.91 Å². The van der Waals surface area contributed by atoms with Gasteiger partial charge in [0, 0.05) is 42.7 Å². The molecule has 2 aliphatic rings. The molecule has 1 aromatic heterocycles. The summed E-state index contributed by atoms with van der Waals surface area (Å²) in [6.07, 6.45) is 2.97. The summed E-state index contributed by atoms with van der Waals surface area (Å²) in [6, 6.07) is 7.11. The highest BCUT2D eigenvalue weighted by Crippen LogP contribution is 2.32. The van der Waals surface area contributed by atoms with Crippen molar-refractivity contribution in [2.75, 3.05) is 36.5 Å². The van der Waals surface area contributed by atoms with E-state index in [2.05, 4.69) is 20.2 Å². The van der Waals surface area contributed by atoms with Gasteiger partial charge < -0.3 is 19.7 Å². The maximum absolute atomic E-state index is 12.5. The minimum absolute atomic E-state index is 0.297. The number of aromatic nitrogens is 2. The van der Waals surface area contributed by atoms with Gasteiger partial charge in [0.2, 0.25) is 0 Å². The molecule has 2 fully saturated rings. The summed E-state index contributed by atoms with van der Waals surface area (Å²) < 4.78 is 11.5. The highest BCUT2D eigenvalue weighted by Gasteiger charge is 2.40. The lowest BCUT2D eigenvalue weighted by Gasteiger charge is -2.38. The summed E-state index contributed by atoms with van der Waals surface area (Å²) in [4.78, 5) is 23.1. The van der Waals surface area contributed by atoms with Crippen LogP contribution in [0.1, 0.15) is 28.9 Å². The van der Waals surface area contributed by atoms with Crippen LogP contribution >= 0.6 is 11.6 Å². The first-order valence-corrected chi connectivity index (χ1v) is 9.35. The number of nitrogens with zero attached hydrogens (tertiary/aromatic N) is 3. The molecule has 4 rings (SSSR count). The standard InChI is InChI=1S/C19H21ClN4O3/c1-13-2-3-14(10-15(13)20)23-18(25)16-11-17(22-12-21-16)24-6-4-19(5-7-24)26-8-9-27-19/h2-3,10-12H,4-9H2,1H3,(H,23,25). The van der Waals surface area contributed by atoms with E-state index in [-0.39, 0.29) is 5.91 Å². The lowest BCUT2D eigenvalue weighted by atomic mass is 10.0. The van der Waals surface area contributed by atoms with Crippen LogP contribution in [-0.2, 0) is 9.47 Å². The summed E-state index contributed by atoms with van der Waals surface area (Å²) in [5.74, 6) is -0.00603. The van der Waals surface area contributed by atoms with Crippen molar-refractivity contribution < 1.29 is 14.3 Å². The molecule has 142 valence electrons. The van der Waals surface area contributed by atoms with Crippen LogP contribution in [0, 0.1) is 6.92 Å². The van der Waals surface area contributed by atoms with Gasteiger partial charge in [0.05, 0.1) is 13.2 Å². The third-order valence-corrected chi connectivity index (χ3v) is 5.38. The van der Waals surface area contributed by atoms with E-state index in [1.165, 1.54) is 6.33 Å². The van der Waals surface area contributed by atoms with E-state index in [9.17, 15) is 4.79 Å². The highest BCUT2D eigenvalue weighted by atomic mass is 35.5. The molecule has 8 heteroatoms. The van der Waals surface area contributed by atoms with Crippen molar-refractivity contribution >= 4 is 29.0 Å². The third kappa shape index (κ3) is 3.90. The molecule has 27 heavy (non-hydrogen) atoms. The van der Waals surface area contributed by atoms with E-state index >= 15 is 0 Å². The zero-order chi connectivity index (χ0) is 18.9. The predicted molar refractivity (Wildman–Crippen MR) is 102 cm³/mol. The molecule has 3 heterocycles. The smallest absolute Gasteiger partial charge is 0.274 e. The van der Waals surface area contributed by atoms with E-state index in [0.717, 1.165) is 37.3 Å². The summed E-state index contributed by atoms with van der Waals surface area (Å²) in [5, 5.41) is 3.43. The SMILES string of the molecule is Cc1ccc(NC(=O)c2cc(N3CCC4(CC3)OCCO4)ncn2)cc1Cl. The van der Waals surface area contributed by atoms with Gasteiger partial charge in [-0.3, -0.25) is 4.79 Å². The average molecular weight is 389 g/mol. The van der Waals surface area contributed by atoms with Crippen molar-refractivity contribution in [3.8, 4) is 0 Å². The Morgan fingerprint density at radius 1 is 1.19 bits per heavy atom. The number of hydrogen-bond acceptors (Lipinski definition) is 6. The molecule has 1 amide bonds. The lowest BCUT2D eigenvalue weighted by Crippen LogP contribution is -2.45. The number of carbonyl (C=O) groups excluding carboxylic acids is 1. The van der Waals surface area contributed by atoms with Crippen molar-refractivity contribution in [3.05, 3.63) is 46.9 Å². The second-order valence-corrected chi connectivity index (χ2v) is 7.18. The first-order valence-electron chi connectivity index (χ1n) is 8.97.